The van der Waals surface area contributed by atoms with E-state index in [1.165, 1.54) is 0 Å². The molecule has 1 unspecified atom stereocenters. The molecule has 0 saturated carbocycles. The Labute approximate surface area is 78.3 Å². The summed E-state index contributed by atoms with van der Waals surface area (Å²) in [7, 11) is 0. The van der Waals surface area contributed by atoms with E-state index in [1.807, 2.05) is 0 Å². The van der Waals surface area contributed by atoms with Crippen LogP contribution in [0.3, 0.4) is 0 Å². The number of unbranched alkanes of at least 4 members (excludes halogenated alkanes) is 2. The van der Waals surface area contributed by atoms with E-state index in [9.17, 15) is 9.59 Å². The molecule has 0 bridgehead atoms. The van der Waals surface area contributed by atoms with Crippen molar-refractivity contribution < 1.29 is 9.59 Å². The Hall–Kier alpha value is -1.06. The Morgan fingerprint density at radius 2 is 2.08 bits per heavy atom. The van der Waals surface area contributed by atoms with Crippen molar-refractivity contribution in [2.24, 2.45) is 0 Å². The molecule has 3 amide bonds. The monoisotopic (exact) mass is 184 g/mol. The molecule has 1 atom stereocenters. The molecule has 0 aromatic carbocycles. The van der Waals surface area contributed by atoms with E-state index in [2.05, 4.69) is 12.2 Å². The number of rotatable bonds is 4. The highest BCUT2D eigenvalue weighted by atomic mass is 16.2. The third-order valence-electron chi connectivity index (χ3n) is 2.34. The Morgan fingerprint density at radius 3 is 2.54 bits per heavy atom. The molecule has 4 nitrogen and oxygen atoms in total. The summed E-state index contributed by atoms with van der Waals surface area (Å²) >= 11 is 0. The van der Waals surface area contributed by atoms with E-state index in [1.54, 1.807) is 11.8 Å². The summed E-state index contributed by atoms with van der Waals surface area (Å²) in [6.07, 6.45) is 3.20. The van der Waals surface area contributed by atoms with Crippen LogP contribution in [0.4, 0.5) is 4.79 Å². The van der Waals surface area contributed by atoms with E-state index in [0.717, 1.165) is 19.3 Å². The zero-order valence-corrected chi connectivity index (χ0v) is 8.17. The van der Waals surface area contributed by atoms with Gasteiger partial charge >= 0.3 is 6.03 Å². The lowest BCUT2D eigenvalue weighted by molar-refractivity contribution is -0.121. The molecule has 1 heterocycles. The molecule has 74 valence electrons. The molecule has 0 aliphatic carbocycles. The predicted octanol–water partition coefficient (Wildman–Crippen LogP) is 1.12. The molecule has 1 fully saturated rings. The normalized spacial score (nSPS) is 22.3. The molecule has 0 aromatic heterocycles. The molecule has 1 rings (SSSR count). The number of hydrogen-bond donors (Lipinski definition) is 1. The van der Waals surface area contributed by atoms with Crippen molar-refractivity contribution in [1.29, 1.82) is 0 Å². The van der Waals surface area contributed by atoms with Gasteiger partial charge in [0.05, 0.1) is 0 Å². The molecular weight excluding hydrogens is 168 g/mol. The second kappa shape index (κ2) is 4.25. The van der Waals surface area contributed by atoms with Gasteiger partial charge in [-0.05, 0) is 13.3 Å². The number of amides is 3. The average molecular weight is 184 g/mol. The maximum Gasteiger partial charge on any atom is 0.324 e. The number of carbonyl (C=O) groups excluding carboxylic acids is 2. The maximum absolute atomic E-state index is 11.2. The fourth-order valence-corrected chi connectivity index (χ4v) is 1.43. The van der Waals surface area contributed by atoms with Crippen LogP contribution in [0.25, 0.3) is 0 Å². The highest BCUT2D eigenvalue weighted by Crippen LogP contribution is 2.09. The third-order valence-corrected chi connectivity index (χ3v) is 2.34. The van der Waals surface area contributed by atoms with Gasteiger partial charge in [-0.3, -0.25) is 10.1 Å². The molecule has 0 radical (unpaired) electrons. The lowest BCUT2D eigenvalue weighted by atomic mass is 10.2. The minimum Gasteiger partial charge on any atom is -0.313 e. The lowest BCUT2D eigenvalue weighted by Crippen LogP contribution is -2.33. The van der Waals surface area contributed by atoms with Crippen LogP contribution in [0.5, 0.6) is 0 Å². The lowest BCUT2D eigenvalue weighted by Gasteiger charge is -2.17. The Morgan fingerprint density at radius 1 is 1.38 bits per heavy atom. The Kier molecular flexibility index (Phi) is 3.28. The molecule has 1 saturated heterocycles. The fraction of sp³-hybridized carbons (Fsp3) is 0.778. The molecule has 1 N–H and O–H groups in total. The van der Waals surface area contributed by atoms with Gasteiger partial charge in [-0.15, -0.1) is 0 Å². The summed E-state index contributed by atoms with van der Waals surface area (Å²) in [6.45, 7) is 4.55. The van der Waals surface area contributed by atoms with Crippen LogP contribution in [0.1, 0.15) is 33.1 Å². The third kappa shape index (κ3) is 2.20. The van der Waals surface area contributed by atoms with Crippen molar-refractivity contribution in [3.63, 3.8) is 0 Å². The van der Waals surface area contributed by atoms with Gasteiger partial charge in [0.15, 0.2) is 0 Å². The van der Waals surface area contributed by atoms with Crippen LogP contribution in [0, 0.1) is 0 Å². The number of imide groups is 1. The highest BCUT2D eigenvalue weighted by Gasteiger charge is 2.33. The van der Waals surface area contributed by atoms with Crippen LogP contribution < -0.4 is 5.32 Å². The number of carbonyl (C=O) groups is 2. The zero-order chi connectivity index (χ0) is 9.84. The summed E-state index contributed by atoms with van der Waals surface area (Å²) < 4.78 is 0. The van der Waals surface area contributed by atoms with Crippen LogP contribution in [0.2, 0.25) is 0 Å². The van der Waals surface area contributed by atoms with Gasteiger partial charge in [0, 0.05) is 6.54 Å². The molecule has 1 aliphatic heterocycles. The smallest absolute Gasteiger partial charge is 0.313 e. The van der Waals surface area contributed by atoms with E-state index in [-0.39, 0.29) is 18.0 Å². The molecule has 13 heavy (non-hydrogen) atoms. The topological polar surface area (TPSA) is 49.4 Å². The number of hydrogen-bond acceptors (Lipinski definition) is 2. The van der Waals surface area contributed by atoms with Crippen LogP contribution in [-0.4, -0.2) is 29.4 Å². The van der Waals surface area contributed by atoms with Gasteiger partial charge < -0.3 is 4.90 Å². The number of nitrogens with one attached hydrogen (secondary N) is 1. The first-order chi connectivity index (χ1) is 6.16. The summed E-state index contributed by atoms with van der Waals surface area (Å²) in [5, 5.41) is 2.29. The van der Waals surface area contributed by atoms with Crippen molar-refractivity contribution in [1.82, 2.24) is 10.2 Å². The Balaban J connectivity index is 2.40. The second-order valence-electron chi connectivity index (χ2n) is 3.37. The van der Waals surface area contributed by atoms with Crippen molar-refractivity contribution in [2.45, 2.75) is 39.2 Å². The van der Waals surface area contributed by atoms with Crippen LogP contribution >= 0.6 is 0 Å². The highest BCUT2D eigenvalue weighted by molar-refractivity contribution is 6.03. The average Bonchev–Trinajstić information content (AvgIpc) is 2.32. The van der Waals surface area contributed by atoms with Crippen molar-refractivity contribution in [2.75, 3.05) is 6.54 Å². The summed E-state index contributed by atoms with van der Waals surface area (Å²) in [5.74, 6) is -0.179. The van der Waals surface area contributed by atoms with Crippen LogP contribution in [0.15, 0.2) is 0 Å². The van der Waals surface area contributed by atoms with Gasteiger partial charge in [0.2, 0.25) is 0 Å². The minimum absolute atomic E-state index is 0.179. The Bertz CT molecular complexity index is 216. The standard InChI is InChI=1S/C9H16N2O2/c1-3-4-5-6-11-7(2)8(12)10-9(11)13/h7H,3-6H2,1-2H3,(H,10,12,13). The van der Waals surface area contributed by atoms with E-state index in [4.69, 9.17) is 0 Å². The predicted molar refractivity (Wildman–Crippen MR) is 49.2 cm³/mol. The van der Waals surface area contributed by atoms with E-state index >= 15 is 0 Å². The van der Waals surface area contributed by atoms with E-state index in [0.29, 0.717) is 6.54 Å². The first-order valence-electron chi connectivity index (χ1n) is 4.78. The van der Waals surface area contributed by atoms with Crippen molar-refractivity contribution >= 4 is 11.9 Å². The molecule has 0 aromatic rings. The first-order valence-corrected chi connectivity index (χ1v) is 4.78. The molecule has 4 heteroatoms. The van der Waals surface area contributed by atoms with E-state index < -0.39 is 0 Å². The largest absolute Gasteiger partial charge is 0.324 e. The zero-order valence-electron chi connectivity index (χ0n) is 8.17. The van der Waals surface area contributed by atoms with Gasteiger partial charge in [0.25, 0.3) is 5.91 Å². The van der Waals surface area contributed by atoms with Crippen molar-refractivity contribution in [3.05, 3.63) is 0 Å². The second-order valence-corrected chi connectivity index (χ2v) is 3.37. The quantitative estimate of drug-likeness (QED) is 0.525. The number of nitrogens with zero attached hydrogens (tertiary/aromatic N) is 1. The van der Waals surface area contributed by atoms with Crippen molar-refractivity contribution in [3.8, 4) is 0 Å². The van der Waals surface area contributed by atoms with Gasteiger partial charge in [-0.25, -0.2) is 4.79 Å². The maximum atomic E-state index is 11.2. The first kappa shape index (κ1) is 10.0. The SMILES string of the molecule is CCCCCN1C(=O)NC(=O)C1C. The summed E-state index contributed by atoms with van der Waals surface area (Å²) in [4.78, 5) is 23.8. The van der Waals surface area contributed by atoms with Gasteiger partial charge in [-0.1, -0.05) is 19.8 Å². The minimum atomic E-state index is -0.288. The van der Waals surface area contributed by atoms with Gasteiger partial charge in [-0.2, -0.15) is 0 Å². The summed E-state index contributed by atoms with van der Waals surface area (Å²) in [5.41, 5.74) is 0. The molecule has 0 spiro atoms. The molecular formula is C9H16N2O2. The number of urea groups is 1. The summed E-state index contributed by atoms with van der Waals surface area (Å²) in [6, 6.07) is -0.530. The van der Waals surface area contributed by atoms with Crippen LogP contribution in [-0.2, 0) is 4.79 Å². The fourth-order valence-electron chi connectivity index (χ4n) is 1.43. The molecule has 1 aliphatic rings. The van der Waals surface area contributed by atoms with Gasteiger partial charge in [0.1, 0.15) is 6.04 Å².